The summed E-state index contributed by atoms with van der Waals surface area (Å²) in [4.78, 5) is 11.6. The molecule has 0 atom stereocenters. The van der Waals surface area contributed by atoms with E-state index in [1.807, 2.05) is 19.1 Å². The van der Waals surface area contributed by atoms with Gasteiger partial charge in [0, 0.05) is 11.6 Å². The summed E-state index contributed by atoms with van der Waals surface area (Å²) < 4.78 is 11.9. The highest BCUT2D eigenvalue weighted by atomic mass is 16.5. The Kier molecular flexibility index (Phi) is 1.95. The number of carbonyl (C=O) groups is 1. The fourth-order valence-electron chi connectivity index (χ4n) is 1.98. The number of aromatic nitrogens is 2. The number of ether oxygens (including phenoxy) is 1. The van der Waals surface area contributed by atoms with E-state index in [1.54, 1.807) is 10.7 Å². The van der Waals surface area contributed by atoms with Crippen molar-refractivity contribution in [1.82, 2.24) is 9.61 Å². The minimum atomic E-state index is -0.397. The van der Waals surface area contributed by atoms with E-state index >= 15 is 0 Å². The smallest absolute Gasteiger partial charge is 0.341 e. The normalized spacial score (nSPS) is 11.2. The molecule has 17 heavy (non-hydrogen) atoms. The Balaban J connectivity index is 2.45. The van der Waals surface area contributed by atoms with Gasteiger partial charge in [-0.3, -0.25) is 0 Å². The third-order valence-electron chi connectivity index (χ3n) is 2.71. The van der Waals surface area contributed by atoms with Gasteiger partial charge in [-0.05, 0) is 19.1 Å². The van der Waals surface area contributed by atoms with Crippen molar-refractivity contribution in [2.45, 2.75) is 6.92 Å². The van der Waals surface area contributed by atoms with Gasteiger partial charge in [-0.1, -0.05) is 0 Å². The molecule has 0 aliphatic rings. The predicted molar refractivity (Wildman–Crippen MR) is 61.0 cm³/mol. The predicted octanol–water partition coefficient (Wildman–Crippen LogP) is 2.18. The zero-order chi connectivity index (χ0) is 12.0. The number of esters is 1. The van der Waals surface area contributed by atoms with Crippen LogP contribution in [0.4, 0.5) is 0 Å². The molecule has 3 rings (SSSR count). The van der Waals surface area contributed by atoms with Gasteiger partial charge in [0.05, 0.1) is 18.8 Å². The average Bonchev–Trinajstić information content (AvgIpc) is 2.89. The van der Waals surface area contributed by atoms with Crippen molar-refractivity contribution in [2.24, 2.45) is 0 Å². The van der Waals surface area contributed by atoms with Crippen molar-refractivity contribution >= 4 is 22.5 Å². The highest BCUT2D eigenvalue weighted by molar-refractivity contribution is 6.06. The average molecular weight is 230 g/mol. The number of hydrogen-bond donors (Lipinski definition) is 0. The third kappa shape index (κ3) is 1.32. The monoisotopic (exact) mass is 230 g/mol. The molecule has 0 amide bonds. The lowest BCUT2D eigenvalue weighted by Crippen LogP contribution is -2.00. The maximum absolute atomic E-state index is 11.6. The summed E-state index contributed by atoms with van der Waals surface area (Å²) in [6.07, 6.45) is 3.26. The van der Waals surface area contributed by atoms with Crippen molar-refractivity contribution in [3.8, 4) is 0 Å². The number of rotatable bonds is 1. The Morgan fingerprint density at radius 3 is 3.12 bits per heavy atom. The van der Waals surface area contributed by atoms with Crippen molar-refractivity contribution in [1.29, 1.82) is 0 Å². The molecule has 86 valence electrons. The fourth-order valence-corrected chi connectivity index (χ4v) is 1.98. The van der Waals surface area contributed by atoms with Gasteiger partial charge in [-0.25, -0.2) is 9.31 Å². The molecule has 0 spiro atoms. The van der Waals surface area contributed by atoms with Crippen LogP contribution in [0.25, 0.3) is 16.5 Å². The summed E-state index contributed by atoms with van der Waals surface area (Å²) in [5.74, 6) is 0.400. The molecule has 0 saturated carbocycles. The van der Waals surface area contributed by atoms with E-state index in [2.05, 4.69) is 5.10 Å². The molecule has 5 nitrogen and oxygen atoms in total. The van der Waals surface area contributed by atoms with Crippen LogP contribution < -0.4 is 0 Å². The molecule has 0 aliphatic carbocycles. The van der Waals surface area contributed by atoms with Crippen LogP contribution in [-0.2, 0) is 4.74 Å². The summed E-state index contributed by atoms with van der Waals surface area (Å²) >= 11 is 0. The number of methoxy groups -OCH3 is 1. The first-order valence-electron chi connectivity index (χ1n) is 5.15. The van der Waals surface area contributed by atoms with Gasteiger partial charge in [0.2, 0.25) is 0 Å². The molecule has 0 fully saturated rings. The topological polar surface area (TPSA) is 56.7 Å². The second-order valence-corrected chi connectivity index (χ2v) is 3.79. The minimum Gasteiger partial charge on any atom is -0.465 e. The molecule has 0 aliphatic heterocycles. The Morgan fingerprint density at radius 1 is 1.53 bits per heavy atom. The summed E-state index contributed by atoms with van der Waals surface area (Å²) in [6, 6.07) is 3.71. The first-order chi connectivity index (χ1) is 8.20. The summed E-state index contributed by atoms with van der Waals surface area (Å²) in [5, 5.41) is 4.99. The maximum Gasteiger partial charge on any atom is 0.341 e. The number of carbonyl (C=O) groups excluding carboxylic acids is 1. The third-order valence-corrected chi connectivity index (χ3v) is 2.71. The van der Waals surface area contributed by atoms with Crippen LogP contribution in [-0.4, -0.2) is 22.7 Å². The number of aryl methyl sites for hydroxylation is 1. The lowest BCUT2D eigenvalue weighted by molar-refractivity contribution is 0.0603. The largest absolute Gasteiger partial charge is 0.465 e. The lowest BCUT2D eigenvalue weighted by Gasteiger charge is -1.98. The van der Waals surface area contributed by atoms with Gasteiger partial charge in [0.15, 0.2) is 0 Å². The van der Waals surface area contributed by atoms with Crippen molar-refractivity contribution < 1.29 is 13.9 Å². The molecular formula is C12H10N2O3. The lowest BCUT2D eigenvalue weighted by atomic mass is 10.2. The van der Waals surface area contributed by atoms with E-state index < -0.39 is 5.97 Å². The molecule has 0 saturated heterocycles. The van der Waals surface area contributed by atoms with E-state index in [0.717, 1.165) is 16.7 Å². The molecule has 3 heterocycles. The number of pyridine rings is 1. The van der Waals surface area contributed by atoms with Gasteiger partial charge < -0.3 is 9.15 Å². The molecular weight excluding hydrogens is 220 g/mol. The Labute approximate surface area is 96.6 Å². The van der Waals surface area contributed by atoms with Gasteiger partial charge in [-0.2, -0.15) is 5.10 Å². The molecule has 0 N–H and O–H groups in total. The minimum absolute atomic E-state index is 0.397. The number of furan rings is 1. The van der Waals surface area contributed by atoms with E-state index in [0.29, 0.717) is 11.1 Å². The Morgan fingerprint density at radius 2 is 2.35 bits per heavy atom. The van der Waals surface area contributed by atoms with Gasteiger partial charge in [0.25, 0.3) is 0 Å². The SMILES string of the molecule is COC(=O)c1cnn2ccc3oc(C)cc3c12. The van der Waals surface area contributed by atoms with Crippen LogP contribution in [0.3, 0.4) is 0 Å². The second kappa shape index (κ2) is 3.35. The highest BCUT2D eigenvalue weighted by Crippen LogP contribution is 2.26. The number of fused-ring (bicyclic) bond motifs is 3. The van der Waals surface area contributed by atoms with E-state index in [1.165, 1.54) is 13.3 Å². The van der Waals surface area contributed by atoms with Crippen LogP contribution in [0, 0.1) is 6.92 Å². The van der Waals surface area contributed by atoms with E-state index in [4.69, 9.17) is 9.15 Å². The molecule has 0 radical (unpaired) electrons. The fraction of sp³-hybridized carbons (Fsp3) is 0.167. The molecule has 0 bridgehead atoms. The maximum atomic E-state index is 11.6. The first kappa shape index (κ1) is 9.89. The Bertz CT molecular complexity index is 724. The van der Waals surface area contributed by atoms with Gasteiger partial charge >= 0.3 is 5.97 Å². The second-order valence-electron chi connectivity index (χ2n) is 3.79. The number of nitrogens with zero attached hydrogens (tertiary/aromatic N) is 2. The quantitative estimate of drug-likeness (QED) is 0.601. The summed E-state index contributed by atoms with van der Waals surface area (Å²) in [5.41, 5.74) is 1.89. The molecule has 0 aromatic carbocycles. The summed E-state index contributed by atoms with van der Waals surface area (Å²) in [7, 11) is 1.35. The zero-order valence-corrected chi connectivity index (χ0v) is 9.43. The van der Waals surface area contributed by atoms with Crippen molar-refractivity contribution in [3.63, 3.8) is 0 Å². The zero-order valence-electron chi connectivity index (χ0n) is 9.43. The Hall–Kier alpha value is -2.30. The van der Waals surface area contributed by atoms with Crippen molar-refractivity contribution in [2.75, 3.05) is 7.11 Å². The molecule has 3 aromatic rings. The highest BCUT2D eigenvalue weighted by Gasteiger charge is 2.16. The first-order valence-corrected chi connectivity index (χ1v) is 5.15. The molecule has 0 unspecified atom stereocenters. The number of hydrogen-bond acceptors (Lipinski definition) is 4. The molecule has 5 heteroatoms. The molecule has 3 aromatic heterocycles. The van der Waals surface area contributed by atoms with Crippen LogP contribution in [0.2, 0.25) is 0 Å². The van der Waals surface area contributed by atoms with Crippen LogP contribution in [0.1, 0.15) is 16.1 Å². The summed E-state index contributed by atoms with van der Waals surface area (Å²) in [6.45, 7) is 1.87. The van der Waals surface area contributed by atoms with Crippen LogP contribution in [0.15, 0.2) is 28.9 Å². The van der Waals surface area contributed by atoms with Gasteiger partial charge in [0.1, 0.15) is 16.9 Å². The van der Waals surface area contributed by atoms with E-state index in [9.17, 15) is 4.79 Å². The van der Waals surface area contributed by atoms with Crippen LogP contribution in [0.5, 0.6) is 0 Å². The standard InChI is InChI=1S/C12H10N2O3/c1-7-5-8-10(17-7)3-4-14-11(8)9(6-13-14)12(15)16-2/h3-6H,1-2H3. The van der Waals surface area contributed by atoms with Crippen molar-refractivity contribution in [3.05, 3.63) is 35.9 Å². The van der Waals surface area contributed by atoms with E-state index in [-0.39, 0.29) is 0 Å². The van der Waals surface area contributed by atoms with Crippen LogP contribution >= 0.6 is 0 Å². The van der Waals surface area contributed by atoms with Gasteiger partial charge in [-0.15, -0.1) is 0 Å².